The molecule has 0 unspecified atom stereocenters. The Morgan fingerprint density at radius 1 is 1.14 bits per heavy atom. The molecule has 7 rings (SSSR count). The Morgan fingerprint density at radius 3 is 2.86 bits per heavy atom. The maximum atomic E-state index is 16.7. The first-order chi connectivity index (χ1) is 21.0. The van der Waals surface area contributed by atoms with Crippen molar-refractivity contribution < 1.29 is 23.4 Å². The van der Waals surface area contributed by atoms with Gasteiger partial charge in [-0.25, -0.2) is 8.78 Å². The number of benzene rings is 2. The Balaban J connectivity index is 0.00000343. The number of terminal acetylenes is 1. The molecule has 4 heterocycles. The summed E-state index contributed by atoms with van der Waals surface area (Å²) in [6.07, 6.45) is 13.5. The minimum Gasteiger partial charge on any atom is -0.508 e. The third kappa shape index (κ3) is 5.27. The smallest absolute Gasteiger partial charge is 0.319 e. The summed E-state index contributed by atoms with van der Waals surface area (Å²) in [6.45, 7) is 3.85. The maximum Gasteiger partial charge on any atom is 0.319 e. The van der Waals surface area contributed by atoms with E-state index in [1.807, 2.05) is 0 Å². The van der Waals surface area contributed by atoms with Gasteiger partial charge >= 0.3 is 6.01 Å². The van der Waals surface area contributed by atoms with Gasteiger partial charge in [0.2, 0.25) is 0 Å². The van der Waals surface area contributed by atoms with Crippen LogP contribution in [0.1, 0.15) is 44.1 Å². The zero-order valence-electron chi connectivity index (χ0n) is 24.2. The van der Waals surface area contributed by atoms with Crippen molar-refractivity contribution in [2.24, 2.45) is 5.41 Å². The van der Waals surface area contributed by atoms with Gasteiger partial charge in [-0.3, -0.25) is 4.98 Å². The lowest BCUT2D eigenvalue weighted by atomic mass is 9.76. The third-order valence-electron chi connectivity index (χ3n) is 9.25. The van der Waals surface area contributed by atoms with E-state index in [-0.39, 0.29) is 57.3 Å². The molecule has 2 N–H and O–H groups in total. The molecular formula is C33H34ClF2N5O3. The predicted octanol–water partition coefficient (Wildman–Crippen LogP) is 5.76. The SMILES string of the molecule is C#Cc1c(F)ccc2cc(O)cc(-c3ncc4c(N5CCCOCC5)nc(OC[C@@]56CCCN[C@@H]5CCC6)nc4c3F)c12.Cl. The number of phenolic OH excluding ortho intramolecular Hbond substituents is 1. The van der Waals surface area contributed by atoms with Crippen LogP contribution in [0.5, 0.6) is 11.8 Å². The topological polar surface area (TPSA) is 92.6 Å². The fourth-order valence-electron chi connectivity index (χ4n) is 7.15. The molecule has 2 atom stereocenters. The molecule has 0 spiro atoms. The summed E-state index contributed by atoms with van der Waals surface area (Å²) in [6, 6.07) is 6.03. The number of anilines is 1. The van der Waals surface area contributed by atoms with E-state index < -0.39 is 11.6 Å². The zero-order chi connectivity index (χ0) is 29.6. The number of aromatic nitrogens is 3. The summed E-state index contributed by atoms with van der Waals surface area (Å²) in [4.78, 5) is 15.9. The van der Waals surface area contributed by atoms with Crippen molar-refractivity contribution in [2.45, 2.75) is 44.6 Å². The van der Waals surface area contributed by atoms with Crippen molar-refractivity contribution in [1.82, 2.24) is 20.3 Å². The lowest BCUT2D eigenvalue weighted by Crippen LogP contribution is -2.49. The lowest BCUT2D eigenvalue weighted by molar-refractivity contribution is 0.0798. The second-order valence-corrected chi connectivity index (χ2v) is 11.8. The number of phenols is 1. The quantitative estimate of drug-likeness (QED) is 0.272. The van der Waals surface area contributed by atoms with Crippen molar-refractivity contribution in [3.63, 3.8) is 0 Å². The third-order valence-corrected chi connectivity index (χ3v) is 9.25. The van der Waals surface area contributed by atoms with E-state index in [9.17, 15) is 9.50 Å². The van der Waals surface area contributed by atoms with Crippen LogP contribution in [0.3, 0.4) is 0 Å². The highest BCUT2D eigenvalue weighted by atomic mass is 35.5. The zero-order valence-corrected chi connectivity index (χ0v) is 25.1. The number of piperidine rings is 1. The number of ether oxygens (including phenoxy) is 2. The Hall–Kier alpha value is -3.78. The van der Waals surface area contributed by atoms with E-state index in [2.05, 4.69) is 26.1 Å². The molecule has 2 aliphatic heterocycles. The molecule has 1 saturated carbocycles. The number of nitrogens with one attached hydrogen (secondary N) is 1. The molecule has 11 heteroatoms. The van der Waals surface area contributed by atoms with Crippen LogP contribution in [0.25, 0.3) is 32.9 Å². The standard InChI is InChI=1S/C33H33F2N5O3.ClH/c1-2-22-25(34)8-7-20-16-21(41)17-23(27(20)22)29-28(35)30-24(18-37-29)31(40-12-5-14-42-15-13-40)39-32(38-30)43-19-33-9-3-6-26(33)36-11-4-10-33;/h1,7-8,16-18,26,36,41H,3-6,9-15,19H2;1H/t26-,33-;/m1./s1. The molecule has 1 aliphatic carbocycles. The van der Waals surface area contributed by atoms with Crippen LogP contribution >= 0.6 is 12.4 Å². The molecule has 3 aliphatic rings. The number of aromatic hydroxyl groups is 1. The fraction of sp³-hybridized carbons (Fsp3) is 0.424. The van der Waals surface area contributed by atoms with Gasteiger partial charge in [-0.05, 0) is 62.2 Å². The van der Waals surface area contributed by atoms with Gasteiger partial charge in [0.05, 0.1) is 24.2 Å². The number of nitrogens with zero attached hydrogens (tertiary/aromatic N) is 4. The number of rotatable bonds is 5. The normalized spacial score (nSPS) is 21.8. The number of pyridine rings is 1. The molecule has 8 nitrogen and oxygen atoms in total. The lowest BCUT2D eigenvalue weighted by Gasteiger charge is -2.39. The Labute approximate surface area is 260 Å². The van der Waals surface area contributed by atoms with Gasteiger partial charge in [0.15, 0.2) is 5.82 Å². The van der Waals surface area contributed by atoms with Crippen LogP contribution in [0, 0.1) is 29.4 Å². The number of halogens is 3. The van der Waals surface area contributed by atoms with Crippen molar-refractivity contribution >= 4 is 39.9 Å². The van der Waals surface area contributed by atoms with Gasteiger partial charge in [0, 0.05) is 48.3 Å². The van der Waals surface area contributed by atoms with Gasteiger partial charge in [0.1, 0.15) is 28.6 Å². The Morgan fingerprint density at radius 2 is 2.00 bits per heavy atom. The highest BCUT2D eigenvalue weighted by Crippen LogP contribution is 2.45. The van der Waals surface area contributed by atoms with Crippen molar-refractivity contribution in [3.8, 4) is 35.4 Å². The summed E-state index contributed by atoms with van der Waals surface area (Å²) in [5, 5.41) is 15.3. The first-order valence-corrected chi connectivity index (χ1v) is 14.9. The van der Waals surface area contributed by atoms with E-state index in [4.69, 9.17) is 20.9 Å². The molecule has 3 fully saturated rings. The van der Waals surface area contributed by atoms with E-state index in [1.54, 1.807) is 0 Å². The fourth-order valence-corrected chi connectivity index (χ4v) is 7.15. The molecule has 0 bridgehead atoms. The van der Waals surface area contributed by atoms with Crippen LogP contribution in [0.2, 0.25) is 0 Å². The van der Waals surface area contributed by atoms with E-state index in [0.717, 1.165) is 45.1 Å². The molecule has 44 heavy (non-hydrogen) atoms. The highest BCUT2D eigenvalue weighted by Gasteiger charge is 2.45. The average molecular weight is 622 g/mol. The number of hydrogen-bond donors (Lipinski definition) is 2. The molecule has 230 valence electrons. The summed E-state index contributed by atoms with van der Waals surface area (Å²) in [7, 11) is 0. The summed E-state index contributed by atoms with van der Waals surface area (Å²) in [5.41, 5.74) is 0.0836. The number of fused-ring (bicyclic) bond motifs is 3. The van der Waals surface area contributed by atoms with Gasteiger partial charge in [-0.15, -0.1) is 18.8 Å². The molecule has 0 amide bonds. The minimum atomic E-state index is -0.729. The molecule has 2 saturated heterocycles. The van der Waals surface area contributed by atoms with Crippen molar-refractivity contribution in [2.75, 3.05) is 44.4 Å². The molecular weight excluding hydrogens is 588 g/mol. The van der Waals surface area contributed by atoms with Crippen LogP contribution in [0.4, 0.5) is 14.6 Å². The largest absolute Gasteiger partial charge is 0.508 e. The van der Waals surface area contributed by atoms with E-state index in [0.29, 0.717) is 55.5 Å². The van der Waals surface area contributed by atoms with Gasteiger partial charge < -0.3 is 24.8 Å². The Bertz CT molecular complexity index is 1760. The first-order valence-electron chi connectivity index (χ1n) is 14.9. The summed E-state index contributed by atoms with van der Waals surface area (Å²) >= 11 is 0. The molecule has 2 aromatic carbocycles. The Kier molecular flexibility index (Phi) is 8.46. The second kappa shape index (κ2) is 12.3. The van der Waals surface area contributed by atoms with Crippen molar-refractivity contribution in [3.05, 3.63) is 47.7 Å². The van der Waals surface area contributed by atoms with Gasteiger partial charge in [-0.2, -0.15) is 9.97 Å². The van der Waals surface area contributed by atoms with Gasteiger partial charge in [-0.1, -0.05) is 18.4 Å². The monoisotopic (exact) mass is 621 g/mol. The van der Waals surface area contributed by atoms with E-state index in [1.165, 1.54) is 30.5 Å². The highest BCUT2D eigenvalue weighted by molar-refractivity contribution is 6.03. The van der Waals surface area contributed by atoms with E-state index >= 15 is 4.39 Å². The first kappa shape index (κ1) is 30.3. The predicted molar refractivity (Wildman–Crippen MR) is 167 cm³/mol. The molecule has 4 aromatic rings. The van der Waals surface area contributed by atoms with Crippen LogP contribution in [0.15, 0.2) is 30.5 Å². The molecule has 0 radical (unpaired) electrons. The maximum absolute atomic E-state index is 16.7. The summed E-state index contributed by atoms with van der Waals surface area (Å²) < 4.78 is 43.4. The van der Waals surface area contributed by atoms with Crippen LogP contribution < -0.4 is 15.0 Å². The average Bonchev–Trinajstić information content (AvgIpc) is 3.26. The van der Waals surface area contributed by atoms with Crippen LogP contribution in [-0.4, -0.2) is 65.6 Å². The second-order valence-electron chi connectivity index (χ2n) is 11.8. The van der Waals surface area contributed by atoms with Crippen LogP contribution in [-0.2, 0) is 4.74 Å². The molecule has 2 aromatic heterocycles. The minimum absolute atomic E-state index is 0. The summed E-state index contributed by atoms with van der Waals surface area (Å²) in [5.74, 6) is 1.44. The number of hydrogen-bond acceptors (Lipinski definition) is 8. The van der Waals surface area contributed by atoms with Crippen molar-refractivity contribution in [1.29, 1.82) is 0 Å². The van der Waals surface area contributed by atoms with Gasteiger partial charge in [0.25, 0.3) is 0 Å².